The van der Waals surface area contributed by atoms with Gasteiger partial charge >= 0.3 is 5.97 Å². The number of hydrogen-bond donors (Lipinski definition) is 0. The summed E-state index contributed by atoms with van der Waals surface area (Å²) in [6, 6.07) is 4.59. The van der Waals surface area contributed by atoms with Crippen molar-refractivity contribution in [1.29, 1.82) is 0 Å². The number of carbonyl (C=O) groups is 1. The highest BCUT2D eigenvalue weighted by atomic mass is 35.5. The first-order valence-electron chi connectivity index (χ1n) is 6.07. The molecule has 1 aromatic carbocycles. The van der Waals surface area contributed by atoms with Gasteiger partial charge in [-0.3, -0.25) is 0 Å². The molecular weight excluding hydrogens is 312 g/mol. The lowest BCUT2D eigenvalue weighted by Crippen LogP contribution is -2.08. The minimum absolute atomic E-state index is 0.0281. The van der Waals surface area contributed by atoms with Crippen LogP contribution < -0.4 is 4.74 Å². The van der Waals surface area contributed by atoms with Crippen LogP contribution in [0.1, 0.15) is 21.8 Å². The maximum absolute atomic E-state index is 11.6. The number of azide groups is 1. The first-order valence-corrected chi connectivity index (χ1v) is 6.45. The quantitative estimate of drug-likeness (QED) is 0.358. The Balaban J connectivity index is 2.19. The predicted octanol–water partition coefficient (Wildman–Crippen LogP) is 3.94. The minimum atomic E-state index is -0.611. The summed E-state index contributed by atoms with van der Waals surface area (Å²) in [7, 11) is 1.25. The maximum Gasteiger partial charge on any atom is 0.360 e. The van der Waals surface area contributed by atoms with Crippen LogP contribution in [0.3, 0.4) is 0 Å². The fourth-order valence-electron chi connectivity index (χ4n) is 1.69. The van der Waals surface area contributed by atoms with Gasteiger partial charge < -0.3 is 14.0 Å². The van der Waals surface area contributed by atoms with Gasteiger partial charge in [0, 0.05) is 10.6 Å². The van der Waals surface area contributed by atoms with Gasteiger partial charge in [-0.25, -0.2) is 4.79 Å². The zero-order valence-corrected chi connectivity index (χ0v) is 12.5. The monoisotopic (exact) mass is 322 g/mol. The normalized spacial score (nSPS) is 9.95. The summed E-state index contributed by atoms with van der Waals surface area (Å²) in [5.74, 6) is 0.206. The van der Waals surface area contributed by atoms with E-state index < -0.39 is 5.97 Å². The first kappa shape index (κ1) is 15.7. The van der Waals surface area contributed by atoms with Crippen molar-refractivity contribution in [2.45, 2.75) is 13.5 Å². The largest absolute Gasteiger partial charge is 0.487 e. The number of methoxy groups -OCH3 is 1. The van der Waals surface area contributed by atoms with E-state index in [1.807, 2.05) is 0 Å². The van der Waals surface area contributed by atoms with Gasteiger partial charge in [0.1, 0.15) is 18.1 Å². The van der Waals surface area contributed by atoms with Crippen molar-refractivity contribution in [3.05, 3.63) is 50.7 Å². The standard InChI is InChI=1S/C13H11ClN4O4/c1-7-9(12(17-22-7)13(19)20-2)6-21-11-4-3-8(16-18-15)5-10(11)14/h3-5H,6H2,1-2H3. The fraction of sp³-hybridized carbons (Fsp3) is 0.231. The van der Waals surface area contributed by atoms with Gasteiger partial charge in [-0.2, -0.15) is 0 Å². The van der Waals surface area contributed by atoms with Gasteiger partial charge in [0.25, 0.3) is 0 Å². The van der Waals surface area contributed by atoms with E-state index >= 15 is 0 Å². The third-order valence-corrected chi connectivity index (χ3v) is 3.11. The van der Waals surface area contributed by atoms with Crippen molar-refractivity contribution in [3.63, 3.8) is 0 Å². The average molecular weight is 323 g/mol. The Bertz CT molecular complexity index is 752. The Morgan fingerprint density at radius 3 is 2.95 bits per heavy atom. The SMILES string of the molecule is COC(=O)c1noc(C)c1COc1ccc(N=[N+]=[N-])cc1Cl. The molecule has 22 heavy (non-hydrogen) atoms. The molecule has 0 saturated heterocycles. The van der Waals surface area contributed by atoms with Gasteiger partial charge in [0.2, 0.25) is 0 Å². The topological polar surface area (TPSA) is 110 Å². The van der Waals surface area contributed by atoms with Crippen molar-refractivity contribution in [2.75, 3.05) is 7.11 Å². The second kappa shape index (κ2) is 6.84. The summed E-state index contributed by atoms with van der Waals surface area (Å²) in [6.07, 6.45) is 0. The van der Waals surface area contributed by atoms with Gasteiger partial charge in [-0.05, 0) is 30.7 Å². The van der Waals surface area contributed by atoms with Gasteiger partial charge in [0.15, 0.2) is 5.69 Å². The third kappa shape index (κ3) is 3.30. The van der Waals surface area contributed by atoms with Crippen LogP contribution in [-0.4, -0.2) is 18.2 Å². The number of rotatable bonds is 5. The van der Waals surface area contributed by atoms with Crippen LogP contribution >= 0.6 is 11.6 Å². The van der Waals surface area contributed by atoms with Crippen LogP contribution in [-0.2, 0) is 11.3 Å². The molecular formula is C13H11ClN4O4. The van der Waals surface area contributed by atoms with E-state index in [-0.39, 0.29) is 17.3 Å². The maximum atomic E-state index is 11.6. The molecule has 0 amide bonds. The highest BCUT2D eigenvalue weighted by Gasteiger charge is 2.21. The molecule has 1 heterocycles. The zero-order chi connectivity index (χ0) is 16.1. The Morgan fingerprint density at radius 1 is 1.55 bits per heavy atom. The third-order valence-electron chi connectivity index (χ3n) is 2.81. The number of halogens is 1. The molecule has 0 aliphatic carbocycles. The number of carbonyl (C=O) groups excluding carboxylic acids is 1. The number of ether oxygens (including phenoxy) is 2. The molecule has 1 aromatic heterocycles. The Kier molecular flexibility index (Phi) is 4.88. The van der Waals surface area contributed by atoms with Crippen molar-refractivity contribution in [3.8, 4) is 5.75 Å². The minimum Gasteiger partial charge on any atom is -0.487 e. The Morgan fingerprint density at radius 2 is 2.32 bits per heavy atom. The molecule has 2 aromatic rings. The molecule has 0 fully saturated rings. The molecule has 0 spiro atoms. The van der Waals surface area contributed by atoms with Crippen LogP contribution in [0.25, 0.3) is 10.4 Å². The van der Waals surface area contributed by atoms with Crippen molar-refractivity contribution < 1.29 is 18.8 Å². The number of benzene rings is 1. The molecule has 0 saturated carbocycles. The summed E-state index contributed by atoms with van der Waals surface area (Å²) >= 11 is 6.04. The highest BCUT2D eigenvalue weighted by Crippen LogP contribution is 2.30. The van der Waals surface area contributed by atoms with Crippen LogP contribution in [0.2, 0.25) is 5.02 Å². The van der Waals surface area contributed by atoms with Crippen molar-refractivity contribution >= 4 is 23.3 Å². The number of aryl methyl sites for hydroxylation is 1. The van der Waals surface area contributed by atoms with E-state index in [0.29, 0.717) is 22.8 Å². The molecule has 114 valence electrons. The smallest absolute Gasteiger partial charge is 0.360 e. The zero-order valence-electron chi connectivity index (χ0n) is 11.7. The van der Waals surface area contributed by atoms with E-state index in [1.54, 1.807) is 19.1 Å². The lowest BCUT2D eigenvalue weighted by molar-refractivity contribution is 0.0586. The molecule has 0 aliphatic heterocycles. The number of aromatic nitrogens is 1. The van der Waals surface area contributed by atoms with Gasteiger partial charge in [-0.15, -0.1) is 0 Å². The Labute approximate surface area is 130 Å². The van der Waals surface area contributed by atoms with E-state index in [9.17, 15) is 4.79 Å². The van der Waals surface area contributed by atoms with E-state index in [2.05, 4.69) is 19.9 Å². The second-order valence-corrected chi connectivity index (χ2v) is 4.56. The summed E-state index contributed by atoms with van der Waals surface area (Å²) in [5, 5.41) is 7.35. The molecule has 8 nitrogen and oxygen atoms in total. The van der Waals surface area contributed by atoms with Gasteiger partial charge in [-0.1, -0.05) is 21.9 Å². The molecule has 0 unspecified atom stereocenters. The van der Waals surface area contributed by atoms with Crippen LogP contribution in [0.15, 0.2) is 27.8 Å². The summed E-state index contributed by atoms with van der Waals surface area (Å²) in [5.41, 5.74) is 9.27. The molecule has 2 rings (SSSR count). The Hall–Kier alpha value is -2.70. The molecule has 0 bridgehead atoms. The fourth-order valence-corrected chi connectivity index (χ4v) is 1.92. The number of esters is 1. The van der Waals surface area contributed by atoms with Crippen LogP contribution in [0.4, 0.5) is 5.69 Å². The predicted molar refractivity (Wildman–Crippen MR) is 77.2 cm³/mol. The van der Waals surface area contributed by atoms with Crippen molar-refractivity contribution in [1.82, 2.24) is 5.16 Å². The number of nitrogens with zero attached hydrogens (tertiary/aromatic N) is 4. The van der Waals surface area contributed by atoms with Crippen molar-refractivity contribution in [2.24, 2.45) is 5.11 Å². The second-order valence-electron chi connectivity index (χ2n) is 4.15. The molecule has 0 atom stereocenters. The lowest BCUT2D eigenvalue weighted by atomic mass is 10.2. The van der Waals surface area contributed by atoms with Gasteiger partial charge in [0.05, 0.1) is 17.7 Å². The molecule has 0 radical (unpaired) electrons. The molecule has 0 aliphatic rings. The summed E-state index contributed by atoms with van der Waals surface area (Å²) in [4.78, 5) is 14.2. The molecule has 9 heteroatoms. The van der Waals surface area contributed by atoms with E-state index in [0.717, 1.165) is 0 Å². The first-order chi connectivity index (χ1) is 10.6. The van der Waals surface area contributed by atoms with E-state index in [4.69, 9.17) is 26.4 Å². The molecule has 0 N–H and O–H groups in total. The highest BCUT2D eigenvalue weighted by molar-refractivity contribution is 6.32. The van der Waals surface area contributed by atoms with E-state index in [1.165, 1.54) is 13.2 Å². The number of hydrogen-bond acceptors (Lipinski definition) is 6. The summed E-state index contributed by atoms with van der Waals surface area (Å²) in [6.45, 7) is 1.69. The van der Waals surface area contributed by atoms with Crippen LogP contribution in [0.5, 0.6) is 5.75 Å². The van der Waals surface area contributed by atoms with Crippen LogP contribution in [0, 0.1) is 6.92 Å². The summed E-state index contributed by atoms with van der Waals surface area (Å²) < 4.78 is 15.1. The average Bonchev–Trinajstić information content (AvgIpc) is 2.87. The lowest BCUT2D eigenvalue weighted by Gasteiger charge is -2.08.